The summed E-state index contributed by atoms with van der Waals surface area (Å²) in [4.78, 5) is 8.65. The Bertz CT molecular complexity index is 106. The summed E-state index contributed by atoms with van der Waals surface area (Å²) in [7, 11) is -1.92. The summed E-state index contributed by atoms with van der Waals surface area (Å²) in [5, 5.41) is 0. The Hall–Kier alpha value is 0.826. The molecule has 0 fully saturated rings. The molecule has 0 aromatic rings. The van der Waals surface area contributed by atoms with Crippen LogP contribution in [0.3, 0.4) is 0 Å². The van der Waals surface area contributed by atoms with Crippen molar-refractivity contribution < 1.29 is 12.3 Å². The Morgan fingerprint density at radius 3 is 2.20 bits per heavy atom. The van der Waals surface area contributed by atoms with Crippen LogP contribution in [0.2, 0.25) is 0 Å². The molecule has 10 heavy (non-hydrogen) atoms. The third-order valence-corrected chi connectivity index (χ3v) is 2.65. The van der Waals surface area contributed by atoms with Gasteiger partial charge < -0.3 is 2.85 Å². The zero-order valence-electron chi connectivity index (χ0n) is 8.71. The molecule has 0 heterocycles. The first-order valence-corrected chi connectivity index (χ1v) is 4.65. The van der Waals surface area contributed by atoms with Crippen LogP contribution in [0.4, 0.5) is 0 Å². The second-order valence-corrected chi connectivity index (χ2v) is 3.49. The first-order valence-electron chi connectivity index (χ1n) is 3.37. The van der Waals surface area contributed by atoms with Crippen LogP contribution in [-0.4, -0.2) is 33.6 Å². The summed E-state index contributed by atoms with van der Waals surface area (Å²) in [5.74, 6) is 0. The number of hydrogen-bond donors (Lipinski definition) is 1. The number of hydrogen-bond acceptors (Lipinski definition) is 1. The molecule has 0 aromatic heterocycles. The van der Waals surface area contributed by atoms with Crippen molar-refractivity contribution in [3.8, 4) is 0 Å². The third kappa shape index (κ3) is 5.60. The first kappa shape index (κ1) is 13.4. The van der Waals surface area contributed by atoms with Gasteiger partial charge in [-0.1, -0.05) is 20.3 Å². The van der Waals surface area contributed by atoms with E-state index >= 15 is 0 Å². The van der Waals surface area contributed by atoms with Crippen LogP contribution in [0, 0.1) is 0 Å². The zero-order valence-corrected chi connectivity index (χ0v) is 9.02. The average molecular weight is 175 g/mol. The first-order chi connectivity index (χ1) is 4.22. The molecule has 2 unspecified atom stereocenters. The van der Waals surface area contributed by atoms with Crippen LogP contribution >= 0.6 is 8.03 Å². The molecule has 0 bridgehead atoms. The van der Waals surface area contributed by atoms with Gasteiger partial charge in [-0.3, -0.25) is 0 Å². The van der Waals surface area contributed by atoms with E-state index in [1.54, 1.807) is 0 Å². The van der Waals surface area contributed by atoms with E-state index in [0.717, 1.165) is 19.3 Å². The van der Waals surface area contributed by atoms with Gasteiger partial charge in [-0.15, -0.1) is 0 Å². The molecule has 0 saturated carbocycles. The molecule has 0 aliphatic heterocycles. The van der Waals surface area contributed by atoms with Gasteiger partial charge in [-0.05, 0) is 17.4 Å². The molecule has 2 atom stereocenters. The third-order valence-electron chi connectivity index (χ3n) is 1.41. The second kappa shape index (κ2) is 7.93. The minimum atomic E-state index is -1.92. The van der Waals surface area contributed by atoms with Gasteiger partial charge in [0.25, 0.3) is 0 Å². The van der Waals surface area contributed by atoms with E-state index < -0.39 is 8.03 Å². The Labute approximate surface area is 82.4 Å². The van der Waals surface area contributed by atoms with Crippen LogP contribution in [0.5, 0.6) is 0 Å². The van der Waals surface area contributed by atoms with Gasteiger partial charge in [0.15, 0.2) is 5.66 Å². The SMILES string of the molecule is CCCC(CC)[P+](=O)O.[H-].[H-].[Mg+2]. The molecule has 0 saturated heterocycles. The van der Waals surface area contributed by atoms with Gasteiger partial charge >= 0.3 is 31.1 Å². The fraction of sp³-hybridized carbons (Fsp3) is 1.00. The topological polar surface area (TPSA) is 37.3 Å². The molecule has 0 aliphatic carbocycles. The molecule has 0 aliphatic rings. The van der Waals surface area contributed by atoms with Crippen LogP contribution < -0.4 is 0 Å². The summed E-state index contributed by atoms with van der Waals surface area (Å²) in [6, 6.07) is 0. The maximum atomic E-state index is 10.5. The molecule has 1 N–H and O–H groups in total. The van der Waals surface area contributed by atoms with Crippen molar-refractivity contribution in [3.63, 3.8) is 0 Å². The van der Waals surface area contributed by atoms with Crippen LogP contribution in [0.25, 0.3) is 0 Å². The van der Waals surface area contributed by atoms with Gasteiger partial charge in [-0.25, -0.2) is 0 Å². The van der Waals surface area contributed by atoms with Crippen molar-refractivity contribution in [1.29, 1.82) is 0 Å². The summed E-state index contributed by atoms with van der Waals surface area (Å²) in [6.07, 6.45) is 2.70. The van der Waals surface area contributed by atoms with E-state index in [-0.39, 0.29) is 31.6 Å². The molecule has 0 radical (unpaired) electrons. The van der Waals surface area contributed by atoms with Crippen molar-refractivity contribution in [2.75, 3.05) is 0 Å². The van der Waals surface area contributed by atoms with Crippen molar-refractivity contribution in [3.05, 3.63) is 0 Å². The van der Waals surface area contributed by atoms with Crippen LogP contribution in [0.15, 0.2) is 0 Å². The van der Waals surface area contributed by atoms with Crippen molar-refractivity contribution >= 4 is 31.1 Å². The minimum Gasteiger partial charge on any atom is -1.00 e. The Morgan fingerprint density at radius 1 is 1.60 bits per heavy atom. The maximum absolute atomic E-state index is 10.5. The fourth-order valence-corrected chi connectivity index (χ4v) is 1.60. The zero-order chi connectivity index (χ0) is 7.28. The molecule has 0 aromatic carbocycles. The Balaban J connectivity index is -0.000000107. The summed E-state index contributed by atoms with van der Waals surface area (Å²) in [5.41, 5.74) is 0.0324. The fourth-order valence-electron chi connectivity index (χ4n) is 0.804. The molecule has 0 amide bonds. The van der Waals surface area contributed by atoms with Crippen LogP contribution in [-0.2, 0) is 4.57 Å². The van der Waals surface area contributed by atoms with Crippen LogP contribution in [0.1, 0.15) is 36.0 Å². The van der Waals surface area contributed by atoms with Crippen molar-refractivity contribution in [2.45, 2.75) is 38.8 Å². The number of rotatable bonds is 4. The van der Waals surface area contributed by atoms with E-state index in [9.17, 15) is 4.57 Å². The Kier molecular flexibility index (Phi) is 10.6. The molecular formula is C6H16MgO2P+. The monoisotopic (exact) mass is 175 g/mol. The van der Waals surface area contributed by atoms with E-state index in [2.05, 4.69) is 0 Å². The van der Waals surface area contributed by atoms with E-state index in [1.165, 1.54) is 0 Å². The smallest absolute Gasteiger partial charge is 1.00 e. The molecule has 0 spiro atoms. The van der Waals surface area contributed by atoms with Gasteiger partial charge in [0.1, 0.15) is 0 Å². The maximum Gasteiger partial charge on any atom is 2.00 e. The normalized spacial score (nSPS) is 13.7. The minimum absolute atomic E-state index is 0. The van der Waals surface area contributed by atoms with Gasteiger partial charge in [0.2, 0.25) is 0 Å². The molecule has 58 valence electrons. The summed E-state index contributed by atoms with van der Waals surface area (Å²) < 4.78 is 10.5. The quantitative estimate of drug-likeness (QED) is 0.525. The predicted molar refractivity (Wildman–Crippen MR) is 46.8 cm³/mol. The molecule has 0 rings (SSSR count). The second-order valence-electron chi connectivity index (χ2n) is 2.15. The molecule has 2 nitrogen and oxygen atoms in total. The standard InChI is InChI=1S/C6H13O2P.Mg.2H/c1-3-5-6(4-2)9(7)8;;;/h6H,3-5H2,1-2H3;;;/q;+2;2*-1/p+1. The largest absolute Gasteiger partial charge is 2.00 e. The van der Waals surface area contributed by atoms with Gasteiger partial charge in [-0.2, -0.15) is 4.89 Å². The van der Waals surface area contributed by atoms with E-state index in [1.807, 2.05) is 13.8 Å². The van der Waals surface area contributed by atoms with E-state index in [4.69, 9.17) is 4.89 Å². The van der Waals surface area contributed by atoms with E-state index in [0.29, 0.717) is 0 Å². The van der Waals surface area contributed by atoms with Crippen molar-refractivity contribution in [2.24, 2.45) is 0 Å². The molecular weight excluding hydrogens is 159 g/mol. The average Bonchev–Trinajstić information content (AvgIpc) is 1.82. The molecule has 4 heteroatoms. The van der Waals surface area contributed by atoms with Gasteiger partial charge in [0, 0.05) is 0 Å². The predicted octanol–water partition coefficient (Wildman–Crippen LogP) is 2.14. The summed E-state index contributed by atoms with van der Waals surface area (Å²) >= 11 is 0. The van der Waals surface area contributed by atoms with Gasteiger partial charge in [0.05, 0.1) is 0 Å². The Morgan fingerprint density at radius 2 is 2.10 bits per heavy atom. The van der Waals surface area contributed by atoms with Crippen molar-refractivity contribution in [1.82, 2.24) is 0 Å². The summed E-state index contributed by atoms with van der Waals surface area (Å²) in [6.45, 7) is 3.98.